The third-order valence-electron chi connectivity index (χ3n) is 2.39. The Morgan fingerprint density at radius 2 is 2.19 bits per heavy atom. The maximum atomic E-state index is 8.75. The van der Waals surface area contributed by atoms with Crippen molar-refractivity contribution in [3.05, 3.63) is 28.8 Å². The second-order valence-electron chi connectivity index (χ2n) is 3.82. The molecular formula is C12H14Cl2N2. The van der Waals surface area contributed by atoms with E-state index >= 15 is 0 Å². The van der Waals surface area contributed by atoms with Gasteiger partial charge in [-0.05, 0) is 24.6 Å². The van der Waals surface area contributed by atoms with Crippen LogP contribution in [0, 0.1) is 17.2 Å². The van der Waals surface area contributed by atoms with Crippen molar-refractivity contribution in [1.29, 1.82) is 5.26 Å². The van der Waals surface area contributed by atoms with E-state index in [1.165, 1.54) is 0 Å². The molecule has 0 radical (unpaired) electrons. The van der Waals surface area contributed by atoms with E-state index in [2.05, 4.69) is 6.07 Å². The highest BCUT2D eigenvalue weighted by Crippen LogP contribution is 2.24. The first-order valence-electron chi connectivity index (χ1n) is 5.03. The molecule has 0 saturated heterocycles. The Morgan fingerprint density at radius 3 is 2.69 bits per heavy atom. The van der Waals surface area contributed by atoms with Gasteiger partial charge in [0.25, 0.3) is 0 Å². The summed E-state index contributed by atoms with van der Waals surface area (Å²) in [6, 6.07) is 7.97. The zero-order chi connectivity index (χ0) is 12.1. The maximum absolute atomic E-state index is 8.75. The van der Waals surface area contributed by atoms with Crippen LogP contribution in [-0.2, 0) is 5.88 Å². The van der Waals surface area contributed by atoms with Crippen molar-refractivity contribution in [3.63, 3.8) is 0 Å². The Labute approximate surface area is 106 Å². The summed E-state index contributed by atoms with van der Waals surface area (Å²) >= 11 is 11.8. The van der Waals surface area contributed by atoms with Crippen LogP contribution in [-0.4, -0.2) is 13.6 Å². The van der Waals surface area contributed by atoms with Crippen LogP contribution in [0.15, 0.2) is 18.2 Å². The first-order chi connectivity index (χ1) is 7.58. The molecule has 0 bridgehead atoms. The summed E-state index contributed by atoms with van der Waals surface area (Å²) < 4.78 is 0. The molecule has 0 aliphatic rings. The quantitative estimate of drug-likeness (QED) is 0.769. The Morgan fingerprint density at radius 1 is 1.50 bits per heavy atom. The van der Waals surface area contributed by atoms with Gasteiger partial charge in [-0.15, -0.1) is 11.6 Å². The average Bonchev–Trinajstić information content (AvgIpc) is 2.28. The summed E-state index contributed by atoms with van der Waals surface area (Å²) in [5, 5.41) is 9.42. The van der Waals surface area contributed by atoms with Crippen molar-refractivity contribution < 1.29 is 0 Å². The minimum atomic E-state index is -0.00326. The molecule has 0 aliphatic heterocycles. The molecule has 1 aromatic carbocycles. The van der Waals surface area contributed by atoms with Gasteiger partial charge in [0.1, 0.15) is 0 Å². The van der Waals surface area contributed by atoms with Crippen molar-refractivity contribution >= 4 is 28.9 Å². The summed E-state index contributed by atoms with van der Waals surface area (Å²) in [6.07, 6.45) is 0. The third kappa shape index (κ3) is 3.30. The molecule has 4 heteroatoms. The molecule has 0 heterocycles. The molecule has 0 amide bonds. The van der Waals surface area contributed by atoms with Crippen LogP contribution < -0.4 is 4.90 Å². The molecule has 0 N–H and O–H groups in total. The highest BCUT2D eigenvalue weighted by atomic mass is 35.5. The molecule has 16 heavy (non-hydrogen) atoms. The van der Waals surface area contributed by atoms with Crippen LogP contribution in [0.1, 0.15) is 12.5 Å². The normalized spacial score (nSPS) is 11.9. The summed E-state index contributed by atoms with van der Waals surface area (Å²) in [5.41, 5.74) is 1.93. The molecule has 0 fully saturated rings. The predicted octanol–water partition coefficient (Wildman–Crippen LogP) is 3.67. The molecule has 86 valence electrons. The molecule has 1 unspecified atom stereocenters. The summed E-state index contributed by atoms with van der Waals surface area (Å²) in [5.74, 6) is 0.411. The van der Waals surface area contributed by atoms with Gasteiger partial charge in [-0.1, -0.05) is 17.7 Å². The van der Waals surface area contributed by atoms with E-state index in [9.17, 15) is 0 Å². The zero-order valence-corrected chi connectivity index (χ0v) is 10.9. The first kappa shape index (κ1) is 13.2. The van der Waals surface area contributed by atoms with E-state index < -0.39 is 0 Å². The molecule has 0 aromatic heterocycles. The van der Waals surface area contributed by atoms with Gasteiger partial charge in [-0.2, -0.15) is 5.26 Å². The van der Waals surface area contributed by atoms with E-state index in [-0.39, 0.29) is 5.92 Å². The van der Waals surface area contributed by atoms with E-state index in [1.807, 2.05) is 37.1 Å². The highest BCUT2D eigenvalue weighted by Gasteiger charge is 2.08. The lowest BCUT2D eigenvalue weighted by Crippen LogP contribution is -2.23. The molecule has 1 rings (SSSR count). The fourth-order valence-corrected chi connectivity index (χ4v) is 1.98. The lowest BCUT2D eigenvalue weighted by molar-refractivity contribution is 0.716. The Kier molecular flexibility index (Phi) is 4.92. The van der Waals surface area contributed by atoms with Crippen LogP contribution >= 0.6 is 23.2 Å². The molecular weight excluding hydrogens is 243 g/mol. The number of benzene rings is 1. The predicted molar refractivity (Wildman–Crippen MR) is 69.1 cm³/mol. The maximum Gasteiger partial charge on any atom is 0.0671 e. The summed E-state index contributed by atoms with van der Waals surface area (Å²) in [4.78, 5) is 2.01. The standard InChI is InChI=1S/C12H14Cl2N2/c1-9(7-15)8-16(2)11-4-3-10(6-13)12(14)5-11/h3-5,9H,6,8H2,1-2H3. The van der Waals surface area contributed by atoms with Crippen molar-refractivity contribution in [2.45, 2.75) is 12.8 Å². The minimum Gasteiger partial charge on any atom is -0.373 e. The topological polar surface area (TPSA) is 27.0 Å². The van der Waals surface area contributed by atoms with Gasteiger partial charge in [0.15, 0.2) is 0 Å². The number of nitrogens with zero attached hydrogens (tertiary/aromatic N) is 2. The van der Waals surface area contributed by atoms with Crippen LogP contribution in [0.2, 0.25) is 5.02 Å². The fourth-order valence-electron chi connectivity index (χ4n) is 1.44. The fraction of sp³-hybridized carbons (Fsp3) is 0.417. The van der Waals surface area contributed by atoms with Crippen molar-refractivity contribution in [3.8, 4) is 6.07 Å². The van der Waals surface area contributed by atoms with E-state index in [0.717, 1.165) is 11.3 Å². The Hall–Kier alpha value is -0.910. The first-order valence-corrected chi connectivity index (χ1v) is 5.95. The SMILES string of the molecule is CC(C#N)CN(C)c1ccc(CCl)c(Cl)c1. The Bertz CT molecular complexity index is 398. The molecule has 1 atom stereocenters. The number of hydrogen-bond acceptors (Lipinski definition) is 2. The monoisotopic (exact) mass is 256 g/mol. The van der Waals surface area contributed by atoms with Crippen LogP contribution in [0.25, 0.3) is 0 Å². The van der Waals surface area contributed by atoms with E-state index in [4.69, 9.17) is 28.5 Å². The number of nitriles is 1. The van der Waals surface area contributed by atoms with E-state index in [1.54, 1.807) is 0 Å². The number of alkyl halides is 1. The average molecular weight is 257 g/mol. The van der Waals surface area contributed by atoms with Crippen LogP contribution in [0.4, 0.5) is 5.69 Å². The number of rotatable bonds is 4. The lowest BCUT2D eigenvalue weighted by Gasteiger charge is -2.21. The zero-order valence-electron chi connectivity index (χ0n) is 9.37. The van der Waals surface area contributed by atoms with Gasteiger partial charge in [-0.25, -0.2) is 0 Å². The lowest BCUT2D eigenvalue weighted by atomic mass is 10.1. The van der Waals surface area contributed by atoms with Crippen LogP contribution in [0.3, 0.4) is 0 Å². The van der Waals surface area contributed by atoms with Gasteiger partial charge in [-0.3, -0.25) is 0 Å². The largest absolute Gasteiger partial charge is 0.373 e. The van der Waals surface area contributed by atoms with Gasteiger partial charge >= 0.3 is 0 Å². The smallest absolute Gasteiger partial charge is 0.0671 e. The van der Waals surface area contributed by atoms with Crippen molar-refractivity contribution in [2.24, 2.45) is 5.92 Å². The summed E-state index contributed by atoms with van der Waals surface area (Å²) in [6.45, 7) is 2.58. The minimum absolute atomic E-state index is 0.00326. The van der Waals surface area contributed by atoms with Gasteiger partial charge in [0.2, 0.25) is 0 Å². The molecule has 2 nitrogen and oxygen atoms in total. The molecule has 0 spiro atoms. The van der Waals surface area contributed by atoms with Crippen molar-refractivity contribution in [1.82, 2.24) is 0 Å². The number of anilines is 1. The second kappa shape index (κ2) is 5.98. The second-order valence-corrected chi connectivity index (χ2v) is 4.49. The van der Waals surface area contributed by atoms with Crippen LogP contribution in [0.5, 0.6) is 0 Å². The Balaban J connectivity index is 2.81. The van der Waals surface area contributed by atoms with Gasteiger partial charge in [0.05, 0.1) is 12.0 Å². The molecule has 0 saturated carbocycles. The highest BCUT2D eigenvalue weighted by molar-refractivity contribution is 6.32. The number of halogens is 2. The number of hydrogen-bond donors (Lipinski definition) is 0. The third-order valence-corrected chi connectivity index (χ3v) is 3.03. The summed E-state index contributed by atoms with van der Waals surface area (Å²) in [7, 11) is 1.94. The molecule has 0 aliphatic carbocycles. The van der Waals surface area contributed by atoms with Gasteiger partial charge in [0, 0.05) is 30.2 Å². The molecule has 1 aromatic rings. The van der Waals surface area contributed by atoms with Crippen molar-refractivity contribution in [2.75, 3.05) is 18.5 Å². The van der Waals surface area contributed by atoms with E-state index in [0.29, 0.717) is 17.4 Å². The van der Waals surface area contributed by atoms with Gasteiger partial charge < -0.3 is 4.90 Å².